The van der Waals surface area contributed by atoms with Gasteiger partial charge in [0.2, 0.25) is 0 Å². The molecule has 0 radical (unpaired) electrons. The lowest BCUT2D eigenvalue weighted by Gasteiger charge is -1.97. The summed E-state index contributed by atoms with van der Waals surface area (Å²) in [5, 5.41) is 9.23. The van der Waals surface area contributed by atoms with Gasteiger partial charge in [-0.05, 0) is 36.0 Å². The van der Waals surface area contributed by atoms with Crippen molar-refractivity contribution in [1.29, 1.82) is 0 Å². The minimum Gasteiger partial charge on any atom is -0.478 e. The first kappa shape index (κ1) is 9.79. The maximum Gasteiger partial charge on any atom is 0.335 e. The summed E-state index contributed by atoms with van der Waals surface area (Å²) in [6, 6.07) is 6.54. The Balaban J connectivity index is 2.14. The van der Waals surface area contributed by atoms with Crippen LogP contribution in [0.5, 0.6) is 0 Å². The Morgan fingerprint density at radius 3 is 2.60 bits per heavy atom. The van der Waals surface area contributed by atoms with Crippen LogP contribution in [0.2, 0.25) is 0 Å². The van der Waals surface area contributed by atoms with Crippen LogP contribution in [-0.2, 0) is 0 Å². The molecule has 1 aromatic carbocycles. The molecule has 0 aliphatic carbocycles. The highest BCUT2D eigenvalue weighted by Gasteiger charge is 2.04. The molecule has 0 aliphatic heterocycles. The van der Waals surface area contributed by atoms with Gasteiger partial charge in [0, 0.05) is 4.90 Å². The van der Waals surface area contributed by atoms with E-state index in [9.17, 15) is 4.79 Å². The summed E-state index contributed by atoms with van der Waals surface area (Å²) in [5.74, 6) is -0.928. The van der Waals surface area contributed by atoms with Crippen molar-refractivity contribution in [3.05, 3.63) is 42.3 Å². The van der Waals surface area contributed by atoms with E-state index in [2.05, 4.69) is 4.98 Å². The largest absolute Gasteiger partial charge is 0.478 e. The summed E-state index contributed by atoms with van der Waals surface area (Å²) in [5.41, 5.74) is 0.270. The van der Waals surface area contributed by atoms with Gasteiger partial charge in [0.1, 0.15) is 6.26 Å². The van der Waals surface area contributed by atoms with Crippen LogP contribution in [0, 0.1) is 0 Å². The lowest BCUT2D eigenvalue weighted by molar-refractivity contribution is 0.0697. The molecule has 2 rings (SSSR count). The van der Waals surface area contributed by atoms with Crippen LogP contribution < -0.4 is 0 Å². The third kappa shape index (κ3) is 2.38. The van der Waals surface area contributed by atoms with Gasteiger partial charge in [0.05, 0.1) is 11.8 Å². The number of rotatable bonds is 3. The average molecular weight is 221 g/mol. The highest BCUT2D eigenvalue weighted by Crippen LogP contribution is 2.25. The summed E-state index contributed by atoms with van der Waals surface area (Å²) in [4.78, 5) is 15.4. The minimum absolute atomic E-state index is 0.270. The van der Waals surface area contributed by atoms with Gasteiger partial charge in [-0.2, -0.15) is 0 Å². The fraction of sp³-hybridized carbons (Fsp3) is 0. The second kappa shape index (κ2) is 4.18. The molecular weight excluding hydrogens is 214 g/mol. The van der Waals surface area contributed by atoms with Gasteiger partial charge in [0.15, 0.2) is 0 Å². The standard InChI is InChI=1S/C10H7NO3S/c12-9(13)7-1-3-8(4-2-7)15-10-11-5-6-14-10/h1-6H,(H,12,13). The second-order valence-corrected chi connectivity index (χ2v) is 3.75. The van der Waals surface area contributed by atoms with E-state index in [1.807, 2.05) is 0 Å². The van der Waals surface area contributed by atoms with E-state index in [-0.39, 0.29) is 5.56 Å². The van der Waals surface area contributed by atoms with E-state index < -0.39 is 5.97 Å². The molecule has 76 valence electrons. The van der Waals surface area contributed by atoms with Crippen LogP contribution in [0.3, 0.4) is 0 Å². The predicted molar refractivity (Wildman–Crippen MR) is 54.0 cm³/mol. The van der Waals surface area contributed by atoms with Crippen LogP contribution >= 0.6 is 11.8 Å². The van der Waals surface area contributed by atoms with Gasteiger partial charge in [0.25, 0.3) is 5.22 Å². The average Bonchev–Trinajstić information content (AvgIpc) is 2.71. The summed E-state index contributed by atoms with van der Waals surface area (Å²) < 4.78 is 5.05. The number of oxazole rings is 1. The Bertz CT molecular complexity index is 450. The van der Waals surface area contributed by atoms with Gasteiger partial charge in [-0.3, -0.25) is 0 Å². The molecule has 4 nitrogen and oxygen atoms in total. The monoisotopic (exact) mass is 221 g/mol. The molecule has 0 saturated carbocycles. The van der Waals surface area contributed by atoms with Crippen molar-refractivity contribution in [2.45, 2.75) is 10.1 Å². The first-order valence-electron chi connectivity index (χ1n) is 4.16. The molecule has 0 amide bonds. The van der Waals surface area contributed by atoms with Crippen LogP contribution in [0.15, 0.2) is 51.3 Å². The molecule has 15 heavy (non-hydrogen) atoms. The number of carboxylic acid groups (broad SMARTS) is 1. The van der Waals surface area contributed by atoms with E-state index in [0.717, 1.165) is 4.90 Å². The van der Waals surface area contributed by atoms with E-state index in [0.29, 0.717) is 5.22 Å². The van der Waals surface area contributed by atoms with Gasteiger partial charge in [-0.1, -0.05) is 0 Å². The van der Waals surface area contributed by atoms with Gasteiger partial charge in [-0.15, -0.1) is 0 Å². The van der Waals surface area contributed by atoms with Crippen LogP contribution in [-0.4, -0.2) is 16.1 Å². The molecular formula is C10H7NO3S. The van der Waals surface area contributed by atoms with Crippen LogP contribution in [0.25, 0.3) is 0 Å². The highest BCUT2D eigenvalue weighted by molar-refractivity contribution is 7.99. The molecule has 1 N–H and O–H groups in total. The Hall–Kier alpha value is -1.75. The number of aromatic nitrogens is 1. The molecule has 1 aromatic heterocycles. The smallest absolute Gasteiger partial charge is 0.335 e. The molecule has 2 aromatic rings. The maximum atomic E-state index is 10.6. The summed E-state index contributed by atoms with van der Waals surface area (Å²) in [6.07, 6.45) is 3.06. The SMILES string of the molecule is O=C(O)c1ccc(Sc2ncco2)cc1. The summed E-state index contributed by atoms with van der Waals surface area (Å²) in [7, 11) is 0. The first-order chi connectivity index (χ1) is 7.25. The number of nitrogens with zero attached hydrogens (tertiary/aromatic N) is 1. The normalized spacial score (nSPS) is 10.1. The molecule has 0 aliphatic rings. The number of benzene rings is 1. The van der Waals surface area contributed by atoms with E-state index in [1.54, 1.807) is 30.5 Å². The van der Waals surface area contributed by atoms with E-state index in [1.165, 1.54) is 18.0 Å². The van der Waals surface area contributed by atoms with Crippen molar-refractivity contribution in [1.82, 2.24) is 4.98 Å². The Kier molecular flexibility index (Phi) is 2.73. The van der Waals surface area contributed by atoms with Crippen molar-refractivity contribution in [3.8, 4) is 0 Å². The molecule has 0 bridgehead atoms. The maximum absolute atomic E-state index is 10.6. The number of hydrogen-bond acceptors (Lipinski definition) is 4. The van der Waals surface area contributed by atoms with Crippen molar-refractivity contribution in [2.75, 3.05) is 0 Å². The van der Waals surface area contributed by atoms with Crippen molar-refractivity contribution >= 4 is 17.7 Å². The number of aromatic carboxylic acids is 1. The Morgan fingerprint density at radius 1 is 1.33 bits per heavy atom. The number of hydrogen-bond donors (Lipinski definition) is 1. The molecule has 0 spiro atoms. The van der Waals surface area contributed by atoms with Crippen LogP contribution in [0.4, 0.5) is 0 Å². The minimum atomic E-state index is -0.928. The van der Waals surface area contributed by atoms with Crippen LogP contribution in [0.1, 0.15) is 10.4 Å². The van der Waals surface area contributed by atoms with E-state index >= 15 is 0 Å². The molecule has 0 fully saturated rings. The fourth-order valence-corrected chi connectivity index (χ4v) is 1.72. The van der Waals surface area contributed by atoms with E-state index in [4.69, 9.17) is 9.52 Å². The highest BCUT2D eigenvalue weighted by atomic mass is 32.2. The predicted octanol–water partition coefficient (Wildman–Crippen LogP) is 2.52. The lowest BCUT2D eigenvalue weighted by atomic mass is 10.2. The van der Waals surface area contributed by atoms with Gasteiger partial charge in [-0.25, -0.2) is 9.78 Å². The quantitative estimate of drug-likeness (QED) is 0.862. The zero-order chi connectivity index (χ0) is 10.7. The van der Waals surface area contributed by atoms with Gasteiger partial charge >= 0.3 is 5.97 Å². The van der Waals surface area contributed by atoms with Gasteiger partial charge < -0.3 is 9.52 Å². The second-order valence-electron chi connectivity index (χ2n) is 2.73. The number of carboxylic acids is 1. The Labute approximate surface area is 89.9 Å². The molecule has 0 atom stereocenters. The molecule has 5 heteroatoms. The number of carbonyl (C=O) groups is 1. The zero-order valence-electron chi connectivity index (χ0n) is 7.58. The Morgan fingerprint density at radius 2 is 2.07 bits per heavy atom. The molecule has 1 heterocycles. The van der Waals surface area contributed by atoms with Crippen molar-refractivity contribution in [2.24, 2.45) is 0 Å². The topological polar surface area (TPSA) is 63.3 Å². The lowest BCUT2D eigenvalue weighted by Crippen LogP contribution is -1.94. The first-order valence-corrected chi connectivity index (χ1v) is 4.98. The molecule has 0 unspecified atom stereocenters. The summed E-state index contributed by atoms with van der Waals surface area (Å²) in [6.45, 7) is 0. The zero-order valence-corrected chi connectivity index (χ0v) is 8.40. The molecule has 0 saturated heterocycles. The van der Waals surface area contributed by atoms with Crippen molar-refractivity contribution in [3.63, 3.8) is 0 Å². The fourth-order valence-electron chi connectivity index (χ4n) is 1.03. The third-order valence-electron chi connectivity index (χ3n) is 1.72. The summed E-state index contributed by atoms with van der Waals surface area (Å²) >= 11 is 1.34. The third-order valence-corrected chi connectivity index (χ3v) is 2.60. The van der Waals surface area contributed by atoms with Crippen molar-refractivity contribution < 1.29 is 14.3 Å².